The fourth-order valence-electron chi connectivity index (χ4n) is 3.71. The number of nitrogens with one attached hydrogen (secondary N) is 2. The van der Waals surface area contributed by atoms with Gasteiger partial charge in [-0.1, -0.05) is 13.8 Å². The Morgan fingerprint density at radius 1 is 1.21 bits per heavy atom. The Kier molecular flexibility index (Phi) is 7.36. The number of amides is 1. The van der Waals surface area contributed by atoms with E-state index in [4.69, 9.17) is 5.26 Å². The summed E-state index contributed by atoms with van der Waals surface area (Å²) in [6, 6.07) is 5.38. The Balaban J connectivity index is 2.02. The Morgan fingerprint density at radius 3 is 2.50 bits per heavy atom. The van der Waals surface area contributed by atoms with E-state index in [9.17, 15) is 19.1 Å². The standard InChI is InChI=1S/C22H28N7O4P/c1-5-22(6-2,13-34(31,32)33)28-21(30)17-12-24-19(8-18(17)27-14(3)4)29-20-16(11-26-29)7-15(9-23)10-25-20/h7-8,10-12,14H,5-6,13H2,1-4H3,(H,24,27)(H,28,30)(H2,31,32,33). The zero-order valence-corrected chi connectivity index (χ0v) is 20.4. The van der Waals surface area contributed by atoms with Crippen LogP contribution in [0, 0.1) is 11.3 Å². The molecule has 0 unspecified atom stereocenters. The molecule has 0 aliphatic heterocycles. The number of fused-ring (bicyclic) bond motifs is 1. The highest BCUT2D eigenvalue weighted by Crippen LogP contribution is 2.40. The summed E-state index contributed by atoms with van der Waals surface area (Å²) in [6.45, 7) is 7.40. The molecule has 180 valence electrons. The van der Waals surface area contributed by atoms with Crippen molar-refractivity contribution >= 4 is 30.2 Å². The Hall–Kier alpha value is -3.32. The minimum atomic E-state index is -4.36. The van der Waals surface area contributed by atoms with E-state index in [0.29, 0.717) is 40.9 Å². The van der Waals surface area contributed by atoms with E-state index in [1.807, 2.05) is 19.9 Å². The van der Waals surface area contributed by atoms with Gasteiger partial charge in [0.25, 0.3) is 5.91 Å². The summed E-state index contributed by atoms with van der Waals surface area (Å²) < 4.78 is 13.2. The molecule has 0 radical (unpaired) electrons. The minimum Gasteiger partial charge on any atom is -0.382 e. The molecule has 1 amide bonds. The molecule has 0 aliphatic carbocycles. The van der Waals surface area contributed by atoms with Crippen LogP contribution in [0.3, 0.4) is 0 Å². The second-order valence-electron chi connectivity index (χ2n) is 8.46. The number of carbonyl (C=O) groups is 1. The first-order valence-corrected chi connectivity index (χ1v) is 12.7. The van der Waals surface area contributed by atoms with E-state index in [2.05, 4.69) is 25.7 Å². The van der Waals surface area contributed by atoms with Crippen LogP contribution in [-0.2, 0) is 4.57 Å². The number of carbonyl (C=O) groups excluding carboxylic acids is 1. The van der Waals surface area contributed by atoms with Crippen molar-refractivity contribution < 1.29 is 19.1 Å². The predicted octanol–water partition coefficient (Wildman–Crippen LogP) is 2.97. The Bertz CT molecular complexity index is 1290. The number of nitrogens with zero attached hydrogens (tertiary/aromatic N) is 5. The second-order valence-corrected chi connectivity index (χ2v) is 10.1. The third-order valence-corrected chi connectivity index (χ3v) is 6.59. The van der Waals surface area contributed by atoms with Gasteiger partial charge in [0.1, 0.15) is 6.07 Å². The van der Waals surface area contributed by atoms with E-state index in [1.165, 1.54) is 17.1 Å². The number of hydrogen-bond donors (Lipinski definition) is 4. The SMILES string of the molecule is CCC(CC)(CP(=O)(O)O)NC(=O)c1cnc(-n2ncc3cc(C#N)cnc32)cc1NC(C)C. The summed E-state index contributed by atoms with van der Waals surface area (Å²) in [6.07, 6.45) is 4.70. The summed E-state index contributed by atoms with van der Waals surface area (Å²) in [5.41, 5.74) is 0.610. The summed E-state index contributed by atoms with van der Waals surface area (Å²) >= 11 is 0. The smallest absolute Gasteiger partial charge is 0.327 e. The number of anilines is 1. The van der Waals surface area contributed by atoms with Gasteiger partial charge in [0.05, 0.1) is 34.7 Å². The zero-order chi connectivity index (χ0) is 25.1. The maximum Gasteiger partial charge on any atom is 0.327 e. The van der Waals surface area contributed by atoms with Crippen LogP contribution in [0.1, 0.15) is 56.5 Å². The molecule has 34 heavy (non-hydrogen) atoms. The van der Waals surface area contributed by atoms with Gasteiger partial charge in [-0.15, -0.1) is 0 Å². The Labute approximate surface area is 197 Å². The molecule has 12 heteroatoms. The van der Waals surface area contributed by atoms with E-state index in [-0.39, 0.29) is 11.6 Å². The molecule has 3 aromatic rings. The molecular formula is C22H28N7O4P. The van der Waals surface area contributed by atoms with Gasteiger partial charge in [0.15, 0.2) is 11.5 Å². The van der Waals surface area contributed by atoms with E-state index >= 15 is 0 Å². The number of rotatable bonds is 9. The monoisotopic (exact) mass is 485 g/mol. The Morgan fingerprint density at radius 2 is 1.91 bits per heavy atom. The number of nitriles is 1. The molecule has 0 saturated carbocycles. The van der Waals surface area contributed by atoms with Crippen LogP contribution in [0.15, 0.2) is 30.7 Å². The molecule has 0 atom stereocenters. The van der Waals surface area contributed by atoms with Gasteiger partial charge in [-0.05, 0) is 32.8 Å². The molecule has 3 rings (SSSR count). The van der Waals surface area contributed by atoms with E-state index in [1.54, 1.807) is 32.2 Å². The van der Waals surface area contributed by atoms with Gasteiger partial charge >= 0.3 is 7.60 Å². The first-order valence-electron chi connectivity index (χ1n) is 10.9. The number of aromatic nitrogens is 4. The fourth-order valence-corrected chi connectivity index (χ4v) is 5.03. The van der Waals surface area contributed by atoms with Crippen LogP contribution in [-0.4, -0.2) is 53.2 Å². The van der Waals surface area contributed by atoms with Crippen molar-refractivity contribution in [1.29, 1.82) is 5.26 Å². The lowest BCUT2D eigenvalue weighted by molar-refractivity contribution is 0.0901. The summed E-state index contributed by atoms with van der Waals surface area (Å²) in [5.74, 6) is -0.0687. The molecule has 4 N–H and O–H groups in total. The van der Waals surface area contributed by atoms with Crippen molar-refractivity contribution in [1.82, 2.24) is 25.1 Å². The fraction of sp³-hybridized carbons (Fsp3) is 0.409. The quantitative estimate of drug-likeness (QED) is 0.333. The van der Waals surface area contributed by atoms with Crippen LogP contribution in [0.2, 0.25) is 0 Å². The molecule has 0 spiro atoms. The first kappa shape index (κ1) is 25.3. The van der Waals surface area contributed by atoms with Crippen molar-refractivity contribution in [3.8, 4) is 11.9 Å². The van der Waals surface area contributed by atoms with Crippen LogP contribution < -0.4 is 10.6 Å². The van der Waals surface area contributed by atoms with Gasteiger partial charge in [-0.25, -0.2) is 9.97 Å². The van der Waals surface area contributed by atoms with Crippen molar-refractivity contribution in [2.75, 3.05) is 11.5 Å². The largest absolute Gasteiger partial charge is 0.382 e. The number of pyridine rings is 2. The lowest BCUT2D eigenvalue weighted by Gasteiger charge is -2.33. The molecular weight excluding hydrogens is 457 g/mol. The van der Waals surface area contributed by atoms with Crippen LogP contribution in [0.5, 0.6) is 0 Å². The van der Waals surface area contributed by atoms with Crippen molar-refractivity contribution in [3.63, 3.8) is 0 Å². The molecule has 0 fully saturated rings. The molecule has 0 saturated heterocycles. The highest BCUT2D eigenvalue weighted by atomic mass is 31.2. The molecule has 3 aromatic heterocycles. The third kappa shape index (κ3) is 5.59. The molecule has 0 aromatic carbocycles. The summed E-state index contributed by atoms with van der Waals surface area (Å²) in [7, 11) is -4.36. The highest BCUT2D eigenvalue weighted by molar-refractivity contribution is 7.51. The number of hydrogen-bond acceptors (Lipinski definition) is 7. The lowest BCUT2D eigenvalue weighted by atomic mass is 9.94. The van der Waals surface area contributed by atoms with Crippen molar-refractivity contribution in [2.45, 2.75) is 52.1 Å². The van der Waals surface area contributed by atoms with Gasteiger partial charge in [0, 0.05) is 29.9 Å². The van der Waals surface area contributed by atoms with E-state index < -0.39 is 25.2 Å². The molecule has 11 nitrogen and oxygen atoms in total. The summed E-state index contributed by atoms with van der Waals surface area (Å²) in [4.78, 5) is 41.0. The van der Waals surface area contributed by atoms with Gasteiger partial charge in [-0.2, -0.15) is 15.0 Å². The maximum absolute atomic E-state index is 13.2. The third-order valence-electron chi connectivity index (χ3n) is 5.57. The maximum atomic E-state index is 13.2. The molecule has 3 heterocycles. The average molecular weight is 485 g/mol. The second kappa shape index (κ2) is 9.89. The highest BCUT2D eigenvalue weighted by Gasteiger charge is 2.36. The van der Waals surface area contributed by atoms with Gasteiger partial charge < -0.3 is 20.4 Å². The van der Waals surface area contributed by atoms with E-state index in [0.717, 1.165) is 0 Å². The first-order chi connectivity index (χ1) is 16.0. The van der Waals surface area contributed by atoms with Gasteiger partial charge in [-0.3, -0.25) is 9.36 Å². The predicted molar refractivity (Wildman–Crippen MR) is 128 cm³/mol. The normalized spacial score (nSPS) is 12.1. The van der Waals surface area contributed by atoms with Crippen LogP contribution in [0.4, 0.5) is 5.69 Å². The van der Waals surface area contributed by atoms with Crippen molar-refractivity contribution in [2.24, 2.45) is 0 Å². The minimum absolute atomic E-state index is 0.00955. The zero-order valence-electron chi connectivity index (χ0n) is 19.5. The van der Waals surface area contributed by atoms with Gasteiger partial charge in [0.2, 0.25) is 0 Å². The molecule has 0 bridgehead atoms. The van der Waals surface area contributed by atoms with Crippen molar-refractivity contribution in [3.05, 3.63) is 41.9 Å². The topological polar surface area (TPSA) is 166 Å². The molecule has 0 aliphatic rings. The van der Waals surface area contributed by atoms with Crippen LogP contribution >= 0.6 is 7.60 Å². The van der Waals surface area contributed by atoms with Crippen LogP contribution in [0.25, 0.3) is 16.9 Å². The summed E-state index contributed by atoms with van der Waals surface area (Å²) in [5, 5.41) is 20.2. The average Bonchev–Trinajstić information content (AvgIpc) is 3.20. The lowest BCUT2D eigenvalue weighted by Crippen LogP contribution is -2.50.